The molecule has 13 heavy (non-hydrogen) atoms. The maximum Gasteiger partial charge on any atom is 0.356 e. The highest BCUT2D eigenvalue weighted by Crippen LogP contribution is 2.41. The third kappa shape index (κ3) is 1.49. The monoisotopic (exact) mass is 241 g/mol. The van der Waals surface area contributed by atoms with Crippen molar-refractivity contribution in [2.24, 2.45) is 0 Å². The highest BCUT2D eigenvalue weighted by atomic mass is 35.6. The predicted octanol–water partition coefficient (Wildman–Crippen LogP) is 1.83. The number of halogens is 3. The zero-order valence-corrected chi connectivity index (χ0v) is 8.73. The highest BCUT2D eigenvalue weighted by molar-refractivity contribution is 6.68. The Morgan fingerprint density at radius 3 is 2.85 bits per heavy atom. The summed E-state index contributed by atoms with van der Waals surface area (Å²) in [6, 6.07) is 0. The van der Waals surface area contributed by atoms with Crippen LogP contribution < -0.4 is 0 Å². The van der Waals surface area contributed by atoms with Crippen LogP contribution in [0.15, 0.2) is 11.8 Å². The number of ether oxygens (including phenoxy) is 1. The summed E-state index contributed by atoms with van der Waals surface area (Å²) in [6.45, 7) is 0.666. The minimum absolute atomic E-state index is 0.408. The second-order valence-corrected chi connectivity index (χ2v) is 5.24. The van der Waals surface area contributed by atoms with Gasteiger partial charge in [0.15, 0.2) is 0 Å². The van der Waals surface area contributed by atoms with Crippen LogP contribution in [0.3, 0.4) is 0 Å². The minimum Gasteiger partial charge on any atom is -0.432 e. The lowest BCUT2D eigenvalue weighted by Crippen LogP contribution is -2.38. The maximum absolute atomic E-state index is 11.2. The molecule has 0 unspecified atom stereocenters. The van der Waals surface area contributed by atoms with Crippen LogP contribution >= 0.6 is 34.8 Å². The summed E-state index contributed by atoms with van der Waals surface area (Å²) in [6.07, 6.45) is 1.80. The molecule has 2 aliphatic rings. The largest absolute Gasteiger partial charge is 0.432 e. The van der Waals surface area contributed by atoms with Gasteiger partial charge in [-0.15, -0.1) is 0 Å². The topological polar surface area (TPSA) is 29.5 Å². The number of rotatable bonds is 0. The number of alkyl halides is 3. The molecule has 0 spiro atoms. The van der Waals surface area contributed by atoms with Crippen LogP contribution in [0.2, 0.25) is 0 Å². The molecule has 0 amide bonds. The molecule has 0 aliphatic carbocycles. The molecule has 0 aromatic carbocycles. The van der Waals surface area contributed by atoms with E-state index in [1.807, 2.05) is 0 Å². The number of cyclic esters (lactones) is 1. The Bertz CT molecular complexity index is 284. The van der Waals surface area contributed by atoms with Crippen molar-refractivity contribution in [3.63, 3.8) is 0 Å². The van der Waals surface area contributed by atoms with Gasteiger partial charge in [-0.25, -0.2) is 4.79 Å². The summed E-state index contributed by atoms with van der Waals surface area (Å²) < 4.78 is 3.33. The van der Waals surface area contributed by atoms with Crippen LogP contribution in [0.4, 0.5) is 0 Å². The molecule has 2 aliphatic heterocycles. The van der Waals surface area contributed by atoms with Crippen LogP contribution in [0.1, 0.15) is 6.42 Å². The molecule has 1 saturated heterocycles. The first kappa shape index (κ1) is 9.44. The molecular formula is C7H6Cl3NO2. The van der Waals surface area contributed by atoms with Crippen molar-refractivity contribution in [1.29, 1.82) is 0 Å². The third-order valence-electron chi connectivity index (χ3n) is 2.01. The van der Waals surface area contributed by atoms with Gasteiger partial charge >= 0.3 is 5.97 Å². The van der Waals surface area contributed by atoms with Gasteiger partial charge in [0, 0.05) is 6.54 Å². The Morgan fingerprint density at radius 2 is 2.23 bits per heavy atom. The molecule has 2 heterocycles. The van der Waals surface area contributed by atoms with E-state index in [9.17, 15) is 4.79 Å². The molecule has 0 aromatic rings. The average Bonchev–Trinajstić information content (AvgIpc) is 2.51. The van der Waals surface area contributed by atoms with Gasteiger partial charge in [0.1, 0.15) is 5.70 Å². The van der Waals surface area contributed by atoms with Crippen LogP contribution in [0.25, 0.3) is 0 Å². The normalized spacial score (nSPS) is 27.3. The Balaban J connectivity index is 2.27. The number of hydrogen-bond donors (Lipinski definition) is 0. The highest BCUT2D eigenvalue weighted by Gasteiger charge is 2.49. The van der Waals surface area contributed by atoms with Gasteiger partial charge < -0.3 is 9.64 Å². The van der Waals surface area contributed by atoms with E-state index in [1.54, 1.807) is 11.0 Å². The van der Waals surface area contributed by atoms with E-state index in [0.29, 0.717) is 12.2 Å². The van der Waals surface area contributed by atoms with Gasteiger partial charge in [0.05, 0.1) is 0 Å². The third-order valence-corrected chi connectivity index (χ3v) is 2.57. The van der Waals surface area contributed by atoms with Crippen molar-refractivity contribution in [1.82, 2.24) is 4.90 Å². The Hall–Kier alpha value is -0.120. The van der Waals surface area contributed by atoms with Gasteiger partial charge in [-0.05, 0) is 6.42 Å². The van der Waals surface area contributed by atoms with Crippen LogP contribution in [0.5, 0.6) is 0 Å². The molecule has 3 nitrogen and oxygen atoms in total. The first-order valence-corrected chi connectivity index (χ1v) is 4.88. The van der Waals surface area contributed by atoms with Gasteiger partial charge in [0.2, 0.25) is 10.0 Å². The van der Waals surface area contributed by atoms with Crippen molar-refractivity contribution in [2.75, 3.05) is 6.54 Å². The predicted molar refractivity (Wildman–Crippen MR) is 49.6 cm³/mol. The fourth-order valence-electron chi connectivity index (χ4n) is 1.49. The second kappa shape index (κ2) is 2.94. The number of carbonyl (C=O) groups excluding carboxylic acids is 1. The molecule has 0 bridgehead atoms. The van der Waals surface area contributed by atoms with E-state index >= 15 is 0 Å². The molecular weight excluding hydrogens is 236 g/mol. The van der Waals surface area contributed by atoms with E-state index in [1.165, 1.54) is 0 Å². The average molecular weight is 242 g/mol. The lowest BCUT2D eigenvalue weighted by Gasteiger charge is -2.26. The first-order chi connectivity index (χ1) is 6.00. The number of esters is 1. The number of fused-ring (bicyclic) bond motifs is 1. The van der Waals surface area contributed by atoms with E-state index in [-0.39, 0.29) is 0 Å². The fraction of sp³-hybridized carbons (Fsp3) is 0.571. The van der Waals surface area contributed by atoms with E-state index in [4.69, 9.17) is 39.5 Å². The van der Waals surface area contributed by atoms with Crippen molar-refractivity contribution in [3.8, 4) is 0 Å². The lowest BCUT2D eigenvalue weighted by atomic mass is 10.4. The Kier molecular flexibility index (Phi) is 2.13. The summed E-state index contributed by atoms with van der Waals surface area (Å²) in [5.41, 5.74) is 0.510. The van der Waals surface area contributed by atoms with E-state index in [0.717, 1.165) is 6.42 Å². The van der Waals surface area contributed by atoms with Crippen LogP contribution in [-0.2, 0) is 9.53 Å². The van der Waals surface area contributed by atoms with Crippen molar-refractivity contribution < 1.29 is 9.53 Å². The number of carbonyl (C=O) groups is 1. The molecule has 72 valence electrons. The zero-order chi connectivity index (χ0) is 9.64. The van der Waals surface area contributed by atoms with Crippen LogP contribution in [0, 0.1) is 0 Å². The van der Waals surface area contributed by atoms with Crippen LogP contribution in [-0.4, -0.2) is 27.4 Å². The summed E-state index contributed by atoms with van der Waals surface area (Å²) in [4.78, 5) is 12.9. The summed E-state index contributed by atoms with van der Waals surface area (Å²) >= 11 is 17.0. The zero-order valence-electron chi connectivity index (χ0n) is 6.47. The summed E-state index contributed by atoms with van der Waals surface area (Å²) in [7, 11) is 0. The van der Waals surface area contributed by atoms with Gasteiger partial charge in [-0.1, -0.05) is 40.9 Å². The van der Waals surface area contributed by atoms with Gasteiger partial charge in [-0.2, -0.15) is 0 Å². The van der Waals surface area contributed by atoms with Gasteiger partial charge in [-0.3, -0.25) is 0 Å². The molecule has 2 rings (SSSR count). The van der Waals surface area contributed by atoms with Crippen molar-refractivity contribution in [3.05, 3.63) is 11.8 Å². The first-order valence-electron chi connectivity index (χ1n) is 3.74. The Morgan fingerprint density at radius 1 is 1.54 bits per heavy atom. The molecule has 0 aromatic heterocycles. The molecule has 0 saturated carbocycles. The molecule has 0 N–H and O–H groups in total. The minimum atomic E-state index is -1.59. The lowest BCUT2D eigenvalue weighted by molar-refractivity contribution is -0.140. The molecule has 6 heteroatoms. The fourth-order valence-corrected chi connectivity index (χ4v) is 1.98. The SMILES string of the molecule is O=C1O[C@H](C(Cl)(Cl)Cl)N2CCC=C12. The second-order valence-electron chi connectivity index (χ2n) is 2.87. The Labute approximate surface area is 90.2 Å². The number of nitrogens with zero attached hydrogens (tertiary/aromatic N) is 1. The smallest absolute Gasteiger partial charge is 0.356 e. The molecule has 1 fully saturated rings. The van der Waals surface area contributed by atoms with E-state index in [2.05, 4.69) is 0 Å². The molecule has 1 atom stereocenters. The van der Waals surface area contributed by atoms with Crippen molar-refractivity contribution >= 4 is 40.8 Å². The molecule has 0 radical (unpaired) electrons. The summed E-state index contributed by atoms with van der Waals surface area (Å²) in [5, 5.41) is 0. The maximum atomic E-state index is 11.2. The summed E-state index contributed by atoms with van der Waals surface area (Å²) in [5.74, 6) is -0.408. The number of hydrogen-bond acceptors (Lipinski definition) is 3. The van der Waals surface area contributed by atoms with E-state index < -0.39 is 16.0 Å². The van der Waals surface area contributed by atoms with Crippen molar-refractivity contribution in [2.45, 2.75) is 16.4 Å². The van der Waals surface area contributed by atoms with Gasteiger partial charge in [0.25, 0.3) is 0 Å². The standard InChI is InChI=1S/C7H6Cl3NO2/c8-7(9,10)6-11-3-1-2-4(11)5(12)13-6/h2,6H,1,3H2/t6-/m1/s1. The quantitative estimate of drug-likeness (QED) is 0.479.